The molecule has 0 aliphatic carbocycles. The van der Waals surface area contributed by atoms with E-state index in [1.165, 1.54) is 11.8 Å². The highest BCUT2D eigenvalue weighted by Gasteiger charge is 2.17. The van der Waals surface area contributed by atoms with Gasteiger partial charge >= 0.3 is 5.97 Å². The van der Waals surface area contributed by atoms with Gasteiger partial charge in [0.15, 0.2) is 0 Å². The first-order valence-electron chi connectivity index (χ1n) is 5.58. The first-order valence-corrected chi connectivity index (χ1v) is 6.56. The van der Waals surface area contributed by atoms with Gasteiger partial charge in [0.1, 0.15) is 11.9 Å². The van der Waals surface area contributed by atoms with Crippen molar-refractivity contribution in [2.24, 2.45) is 0 Å². The molecule has 1 heterocycles. The van der Waals surface area contributed by atoms with Crippen LogP contribution in [0.3, 0.4) is 0 Å². The summed E-state index contributed by atoms with van der Waals surface area (Å²) in [5.74, 6) is 0.128. The summed E-state index contributed by atoms with van der Waals surface area (Å²) >= 11 is 1.31. The number of hydrogen-bond acceptors (Lipinski definition) is 4. The molecule has 0 amide bonds. The second-order valence-corrected chi connectivity index (χ2v) is 4.92. The Labute approximate surface area is 104 Å². The van der Waals surface area contributed by atoms with Crippen molar-refractivity contribution in [2.75, 3.05) is 17.6 Å². The first kappa shape index (κ1) is 12.1. The van der Waals surface area contributed by atoms with Crippen LogP contribution in [0.2, 0.25) is 0 Å². The van der Waals surface area contributed by atoms with Gasteiger partial charge in [-0.15, -0.1) is 11.8 Å². The number of thioether (sulfide) groups is 1. The van der Waals surface area contributed by atoms with Crippen molar-refractivity contribution in [3.05, 3.63) is 18.2 Å². The van der Waals surface area contributed by atoms with E-state index >= 15 is 0 Å². The minimum Gasteiger partial charge on any atom is -0.486 e. The van der Waals surface area contributed by atoms with E-state index in [0.717, 1.165) is 29.3 Å². The van der Waals surface area contributed by atoms with Gasteiger partial charge in [0.05, 0.1) is 18.0 Å². The van der Waals surface area contributed by atoms with Crippen molar-refractivity contribution in [1.82, 2.24) is 0 Å². The second-order valence-electron chi connectivity index (χ2n) is 3.87. The highest BCUT2D eigenvalue weighted by Crippen LogP contribution is 2.33. The average molecular weight is 253 g/mol. The molecule has 0 fully saturated rings. The van der Waals surface area contributed by atoms with Crippen LogP contribution in [0, 0.1) is 0 Å². The van der Waals surface area contributed by atoms with Crippen molar-refractivity contribution < 1.29 is 14.6 Å². The lowest BCUT2D eigenvalue weighted by Crippen LogP contribution is -2.29. The standard InChI is InChI=1S/C12H15NO3S/c1-2-8-6-13-10-5-9(17-7-12(14)15)3-4-11(10)16-8/h3-5,8,13H,2,6-7H2,1H3,(H,14,15). The minimum absolute atomic E-state index is 0.0806. The van der Waals surface area contributed by atoms with Crippen LogP contribution in [-0.2, 0) is 4.79 Å². The van der Waals surface area contributed by atoms with Crippen LogP contribution in [0.1, 0.15) is 13.3 Å². The molecule has 17 heavy (non-hydrogen) atoms. The predicted molar refractivity (Wildman–Crippen MR) is 68.0 cm³/mol. The molecule has 5 heteroatoms. The molecule has 1 aliphatic heterocycles. The van der Waals surface area contributed by atoms with E-state index in [1.807, 2.05) is 18.2 Å². The zero-order chi connectivity index (χ0) is 12.3. The molecule has 1 aromatic carbocycles. The molecular formula is C12H15NO3S. The summed E-state index contributed by atoms with van der Waals surface area (Å²) in [6, 6.07) is 5.73. The van der Waals surface area contributed by atoms with Gasteiger partial charge in [-0.25, -0.2) is 0 Å². The molecule has 1 aromatic rings. The molecule has 0 saturated carbocycles. The van der Waals surface area contributed by atoms with Gasteiger partial charge in [-0.05, 0) is 24.6 Å². The number of carboxylic acids is 1. The maximum Gasteiger partial charge on any atom is 0.313 e. The van der Waals surface area contributed by atoms with E-state index < -0.39 is 5.97 Å². The number of fused-ring (bicyclic) bond motifs is 1. The summed E-state index contributed by atoms with van der Waals surface area (Å²) in [6.45, 7) is 2.89. The summed E-state index contributed by atoms with van der Waals surface area (Å²) in [5.41, 5.74) is 0.949. The number of anilines is 1. The minimum atomic E-state index is -0.803. The fraction of sp³-hybridized carbons (Fsp3) is 0.417. The molecular weight excluding hydrogens is 238 g/mol. The van der Waals surface area contributed by atoms with Crippen LogP contribution >= 0.6 is 11.8 Å². The van der Waals surface area contributed by atoms with E-state index in [0.29, 0.717) is 0 Å². The van der Waals surface area contributed by atoms with Crippen molar-refractivity contribution >= 4 is 23.4 Å². The van der Waals surface area contributed by atoms with Crippen LogP contribution in [-0.4, -0.2) is 29.5 Å². The Morgan fingerprint density at radius 3 is 3.18 bits per heavy atom. The summed E-state index contributed by atoms with van der Waals surface area (Å²) in [5, 5.41) is 11.9. The topological polar surface area (TPSA) is 58.6 Å². The van der Waals surface area contributed by atoms with Gasteiger partial charge in [-0.3, -0.25) is 4.79 Å². The molecule has 92 valence electrons. The van der Waals surface area contributed by atoms with Gasteiger partial charge in [-0.2, -0.15) is 0 Å². The Bertz CT molecular complexity index is 422. The fourth-order valence-electron chi connectivity index (χ4n) is 1.66. The van der Waals surface area contributed by atoms with Crippen LogP contribution in [0.5, 0.6) is 5.75 Å². The van der Waals surface area contributed by atoms with Crippen molar-refractivity contribution in [3.8, 4) is 5.75 Å². The molecule has 4 nitrogen and oxygen atoms in total. The second kappa shape index (κ2) is 5.31. The summed E-state index contributed by atoms with van der Waals surface area (Å²) in [6.07, 6.45) is 1.20. The molecule has 0 radical (unpaired) electrons. The molecule has 1 atom stereocenters. The predicted octanol–water partition coefficient (Wildman–Crippen LogP) is 2.45. The van der Waals surface area contributed by atoms with E-state index in [1.54, 1.807) is 0 Å². The molecule has 1 unspecified atom stereocenters. The third-order valence-corrected chi connectivity index (χ3v) is 3.56. The number of aliphatic carboxylic acids is 1. The summed E-state index contributed by atoms with van der Waals surface area (Å²) < 4.78 is 5.77. The highest BCUT2D eigenvalue weighted by atomic mass is 32.2. The molecule has 2 rings (SSSR count). The Morgan fingerprint density at radius 2 is 2.47 bits per heavy atom. The van der Waals surface area contributed by atoms with Gasteiger partial charge < -0.3 is 15.2 Å². The molecule has 0 spiro atoms. The van der Waals surface area contributed by atoms with Gasteiger partial charge in [-0.1, -0.05) is 6.92 Å². The maximum atomic E-state index is 10.5. The number of hydrogen-bond donors (Lipinski definition) is 2. The molecule has 0 aromatic heterocycles. The third kappa shape index (κ3) is 3.06. The van der Waals surface area contributed by atoms with Crippen molar-refractivity contribution in [3.63, 3.8) is 0 Å². The zero-order valence-corrected chi connectivity index (χ0v) is 10.4. The van der Waals surface area contributed by atoms with Crippen molar-refractivity contribution in [1.29, 1.82) is 0 Å². The molecule has 0 bridgehead atoms. The fourth-order valence-corrected chi connectivity index (χ4v) is 2.31. The number of carboxylic acid groups (broad SMARTS) is 1. The molecule has 0 saturated heterocycles. The third-order valence-electron chi connectivity index (χ3n) is 2.58. The lowest BCUT2D eigenvalue weighted by atomic mass is 10.2. The van der Waals surface area contributed by atoms with E-state index in [9.17, 15) is 4.79 Å². The number of nitrogens with one attached hydrogen (secondary N) is 1. The normalized spacial score (nSPS) is 17.8. The summed E-state index contributed by atoms with van der Waals surface area (Å²) in [7, 11) is 0. The van der Waals surface area contributed by atoms with Crippen LogP contribution < -0.4 is 10.1 Å². The quantitative estimate of drug-likeness (QED) is 0.807. The summed E-state index contributed by atoms with van der Waals surface area (Å²) in [4.78, 5) is 11.4. The highest BCUT2D eigenvalue weighted by molar-refractivity contribution is 8.00. The van der Waals surface area contributed by atoms with Crippen molar-refractivity contribution in [2.45, 2.75) is 24.3 Å². The van der Waals surface area contributed by atoms with Crippen LogP contribution in [0.15, 0.2) is 23.1 Å². The van der Waals surface area contributed by atoms with Crippen LogP contribution in [0.4, 0.5) is 5.69 Å². The van der Waals surface area contributed by atoms with E-state index in [4.69, 9.17) is 9.84 Å². The number of carbonyl (C=O) groups is 1. The monoisotopic (exact) mass is 253 g/mol. The lowest BCUT2D eigenvalue weighted by molar-refractivity contribution is -0.133. The Kier molecular flexibility index (Phi) is 3.78. The average Bonchev–Trinajstić information content (AvgIpc) is 2.35. The number of rotatable bonds is 4. The zero-order valence-electron chi connectivity index (χ0n) is 9.60. The van der Waals surface area contributed by atoms with E-state index in [-0.39, 0.29) is 11.9 Å². The van der Waals surface area contributed by atoms with Crippen LogP contribution in [0.25, 0.3) is 0 Å². The van der Waals surface area contributed by atoms with Gasteiger partial charge in [0.2, 0.25) is 0 Å². The SMILES string of the molecule is CCC1CNc2cc(SCC(=O)O)ccc2O1. The smallest absolute Gasteiger partial charge is 0.313 e. The maximum absolute atomic E-state index is 10.5. The number of ether oxygens (including phenoxy) is 1. The first-order chi connectivity index (χ1) is 8.19. The Morgan fingerprint density at radius 1 is 1.65 bits per heavy atom. The largest absolute Gasteiger partial charge is 0.486 e. The number of benzene rings is 1. The lowest BCUT2D eigenvalue weighted by Gasteiger charge is -2.26. The molecule has 1 aliphatic rings. The Balaban J connectivity index is 2.07. The Hall–Kier alpha value is -1.36. The van der Waals surface area contributed by atoms with Gasteiger partial charge in [0, 0.05) is 4.90 Å². The van der Waals surface area contributed by atoms with E-state index in [2.05, 4.69) is 12.2 Å². The molecule has 2 N–H and O–H groups in total. The van der Waals surface area contributed by atoms with Gasteiger partial charge in [0.25, 0.3) is 0 Å².